The lowest BCUT2D eigenvalue weighted by molar-refractivity contribution is -0.140. The van der Waals surface area contributed by atoms with Crippen LogP contribution in [0.15, 0.2) is 54.1 Å². The van der Waals surface area contributed by atoms with Gasteiger partial charge in [0.15, 0.2) is 0 Å². The lowest BCUT2D eigenvalue weighted by Crippen LogP contribution is -2.31. The van der Waals surface area contributed by atoms with E-state index in [4.69, 9.17) is 16.3 Å². The number of Topliss-reactive ketones (excluding diaryl/α,β-unsaturated/α-hetero) is 1. The van der Waals surface area contributed by atoms with Gasteiger partial charge >= 0.3 is 0 Å². The van der Waals surface area contributed by atoms with Gasteiger partial charge in [0.25, 0.3) is 11.7 Å². The Kier molecular flexibility index (Phi) is 6.74. The predicted octanol–water partition coefficient (Wildman–Crippen LogP) is 4.40. The Morgan fingerprint density at radius 3 is 2.39 bits per heavy atom. The summed E-state index contributed by atoms with van der Waals surface area (Å²) in [6, 6.07) is 13.4. The highest BCUT2D eigenvalue weighted by atomic mass is 127. The first-order valence-electron chi connectivity index (χ1n) is 8.72. The van der Waals surface area contributed by atoms with E-state index in [1.165, 1.54) is 4.90 Å². The van der Waals surface area contributed by atoms with Crippen molar-refractivity contribution in [3.63, 3.8) is 0 Å². The van der Waals surface area contributed by atoms with Gasteiger partial charge in [0.2, 0.25) is 0 Å². The fraction of sp³-hybridized carbons (Fsp3) is 0.238. The summed E-state index contributed by atoms with van der Waals surface area (Å²) in [5.41, 5.74) is 1.30. The number of amides is 1. The molecule has 0 saturated carbocycles. The first-order valence-corrected chi connectivity index (χ1v) is 10.2. The minimum absolute atomic E-state index is 0.0888. The standard InChI is InChI=1S/C21H19ClINO4/c1-28-12-2-11-24-18(13-5-9-16(23)10-6-13)17(20(26)21(24)27)19(25)14-3-7-15(22)8-4-14/h3-10,18,25H,2,11-12H2,1H3. The van der Waals surface area contributed by atoms with Crippen LogP contribution in [0.3, 0.4) is 0 Å². The molecule has 0 spiro atoms. The molecule has 1 heterocycles. The van der Waals surface area contributed by atoms with Gasteiger partial charge in [-0.25, -0.2) is 0 Å². The van der Waals surface area contributed by atoms with Crippen molar-refractivity contribution < 1.29 is 19.4 Å². The molecule has 1 amide bonds. The predicted molar refractivity (Wildman–Crippen MR) is 116 cm³/mol. The molecule has 2 aromatic carbocycles. The Balaban J connectivity index is 2.10. The zero-order chi connectivity index (χ0) is 20.3. The normalized spacial score (nSPS) is 18.7. The average Bonchev–Trinajstić information content (AvgIpc) is 2.94. The van der Waals surface area contributed by atoms with Crippen molar-refractivity contribution in [2.45, 2.75) is 12.5 Å². The van der Waals surface area contributed by atoms with Gasteiger partial charge in [0.1, 0.15) is 5.76 Å². The summed E-state index contributed by atoms with van der Waals surface area (Å²) in [5, 5.41) is 11.4. The second-order valence-electron chi connectivity index (χ2n) is 6.40. The molecule has 1 unspecified atom stereocenters. The number of benzene rings is 2. The van der Waals surface area contributed by atoms with Gasteiger partial charge in [0.05, 0.1) is 11.6 Å². The molecule has 3 rings (SSSR count). The maximum absolute atomic E-state index is 12.8. The fourth-order valence-corrected chi connectivity index (χ4v) is 3.73. The molecule has 0 aromatic heterocycles. The minimum Gasteiger partial charge on any atom is -0.507 e. The topological polar surface area (TPSA) is 66.8 Å². The summed E-state index contributed by atoms with van der Waals surface area (Å²) in [4.78, 5) is 27.0. The Labute approximate surface area is 182 Å². The van der Waals surface area contributed by atoms with Gasteiger partial charge in [0, 0.05) is 34.4 Å². The van der Waals surface area contributed by atoms with Crippen LogP contribution in [0, 0.1) is 3.57 Å². The van der Waals surface area contributed by atoms with Crippen LogP contribution in [0.5, 0.6) is 0 Å². The molecule has 5 nitrogen and oxygen atoms in total. The zero-order valence-electron chi connectivity index (χ0n) is 15.2. The van der Waals surface area contributed by atoms with Crippen molar-refractivity contribution in [2.24, 2.45) is 0 Å². The molecule has 146 valence electrons. The third kappa shape index (κ3) is 4.24. The summed E-state index contributed by atoms with van der Waals surface area (Å²) in [6.45, 7) is 0.825. The monoisotopic (exact) mass is 511 g/mol. The smallest absolute Gasteiger partial charge is 0.295 e. The molecule has 1 aliphatic heterocycles. The molecular weight excluding hydrogens is 493 g/mol. The highest BCUT2D eigenvalue weighted by Crippen LogP contribution is 2.39. The quantitative estimate of drug-likeness (QED) is 0.205. The van der Waals surface area contributed by atoms with Crippen molar-refractivity contribution in [1.29, 1.82) is 0 Å². The molecule has 1 fully saturated rings. The lowest BCUT2D eigenvalue weighted by atomic mass is 9.95. The van der Waals surface area contributed by atoms with Crippen LogP contribution in [0.4, 0.5) is 0 Å². The van der Waals surface area contributed by atoms with Crippen molar-refractivity contribution >= 4 is 51.6 Å². The number of hydrogen-bond donors (Lipinski definition) is 1. The molecule has 7 heteroatoms. The number of ketones is 1. The highest BCUT2D eigenvalue weighted by Gasteiger charge is 2.45. The van der Waals surface area contributed by atoms with Crippen LogP contribution in [0.25, 0.3) is 5.76 Å². The number of halogens is 2. The highest BCUT2D eigenvalue weighted by molar-refractivity contribution is 14.1. The van der Waals surface area contributed by atoms with E-state index >= 15 is 0 Å². The maximum Gasteiger partial charge on any atom is 0.295 e. The van der Waals surface area contributed by atoms with Crippen molar-refractivity contribution in [3.05, 3.63) is 73.8 Å². The number of nitrogens with zero attached hydrogens (tertiary/aromatic N) is 1. The summed E-state index contributed by atoms with van der Waals surface area (Å²) >= 11 is 8.12. The van der Waals surface area contributed by atoms with E-state index in [2.05, 4.69) is 22.6 Å². The zero-order valence-corrected chi connectivity index (χ0v) is 18.1. The molecule has 1 N–H and O–H groups in total. The van der Waals surface area contributed by atoms with Crippen LogP contribution < -0.4 is 0 Å². The third-order valence-electron chi connectivity index (χ3n) is 4.59. The molecule has 1 aliphatic rings. The molecule has 28 heavy (non-hydrogen) atoms. The fourth-order valence-electron chi connectivity index (χ4n) is 3.24. The van der Waals surface area contributed by atoms with Crippen molar-refractivity contribution in [3.8, 4) is 0 Å². The van der Waals surface area contributed by atoms with Gasteiger partial charge in [-0.05, 0) is 71.0 Å². The van der Waals surface area contributed by atoms with E-state index in [0.29, 0.717) is 30.2 Å². The van der Waals surface area contributed by atoms with Crippen molar-refractivity contribution in [2.75, 3.05) is 20.3 Å². The van der Waals surface area contributed by atoms with Gasteiger partial charge in [-0.1, -0.05) is 23.7 Å². The summed E-state index contributed by atoms with van der Waals surface area (Å²) in [5.74, 6) is -1.50. The van der Waals surface area contributed by atoms with Crippen LogP contribution in [-0.4, -0.2) is 42.0 Å². The number of carbonyl (C=O) groups excluding carboxylic acids is 2. The van der Waals surface area contributed by atoms with Gasteiger partial charge in [-0.15, -0.1) is 0 Å². The molecule has 0 aliphatic carbocycles. The summed E-state index contributed by atoms with van der Waals surface area (Å²) in [6.07, 6.45) is 0.589. The van der Waals surface area contributed by atoms with Gasteiger partial charge < -0.3 is 14.7 Å². The minimum atomic E-state index is -0.687. The van der Waals surface area contributed by atoms with E-state index < -0.39 is 17.7 Å². The van der Waals surface area contributed by atoms with Gasteiger partial charge in [-0.2, -0.15) is 0 Å². The van der Waals surface area contributed by atoms with E-state index in [1.54, 1.807) is 31.4 Å². The molecule has 2 aromatic rings. The van der Waals surface area contributed by atoms with Crippen LogP contribution in [0.1, 0.15) is 23.6 Å². The Morgan fingerprint density at radius 2 is 1.79 bits per heavy atom. The Hall–Kier alpha value is -1.90. The number of methoxy groups -OCH3 is 1. The first kappa shape index (κ1) is 20.8. The largest absolute Gasteiger partial charge is 0.507 e. The van der Waals surface area contributed by atoms with Crippen LogP contribution in [0.2, 0.25) is 5.02 Å². The maximum atomic E-state index is 12.8. The van der Waals surface area contributed by atoms with E-state index in [1.807, 2.05) is 24.3 Å². The van der Waals surface area contributed by atoms with E-state index in [9.17, 15) is 14.7 Å². The number of aliphatic hydroxyl groups is 1. The number of likely N-dealkylation sites (tertiary alicyclic amines) is 1. The second-order valence-corrected chi connectivity index (χ2v) is 8.08. The Bertz CT molecular complexity index is 909. The Morgan fingerprint density at radius 1 is 1.14 bits per heavy atom. The number of rotatable bonds is 6. The molecular formula is C21H19ClINO4. The van der Waals surface area contributed by atoms with Crippen LogP contribution >= 0.6 is 34.2 Å². The van der Waals surface area contributed by atoms with Crippen LogP contribution in [-0.2, 0) is 14.3 Å². The molecule has 0 radical (unpaired) electrons. The lowest BCUT2D eigenvalue weighted by Gasteiger charge is -2.25. The summed E-state index contributed by atoms with van der Waals surface area (Å²) < 4.78 is 6.11. The number of carbonyl (C=O) groups is 2. The van der Waals surface area contributed by atoms with Gasteiger partial charge in [-0.3, -0.25) is 9.59 Å². The summed E-state index contributed by atoms with van der Waals surface area (Å²) in [7, 11) is 1.59. The molecule has 1 atom stereocenters. The average molecular weight is 512 g/mol. The second kappa shape index (κ2) is 9.07. The molecule has 0 bridgehead atoms. The number of ether oxygens (including phenoxy) is 1. The SMILES string of the molecule is COCCCN1C(=O)C(=O)C(=C(O)c2ccc(Cl)cc2)C1c1ccc(I)cc1. The number of aliphatic hydroxyl groups excluding tert-OH is 1. The van der Waals surface area contributed by atoms with E-state index in [-0.39, 0.29) is 11.3 Å². The van der Waals surface area contributed by atoms with E-state index in [0.717, 1.165) is 9.13 Å². The number of hydrogen-bond acceptors (Lipinski definition) is 4. The third-order valence-corrected chi connectivity index (χ3v) is 5.56. The van der Waals surface area contributed by atoms with Crippen molar-refractivity contribution in [1.82, 2.24) is 4.90 Å². The molecule has 1 saturated heterocycles. The first-order chi connectivity index (χ1) is 13.4.